The molecule has 1 fully saturated rings. The lowest BCUT2D eigenvalue weighted by Crippen LogP contribution is -2.30. The summed E-state index contributed by atoms with van der Waals surface area (Å²) in [5, 5.41) is 9.75. The van der Waals surface area contributed by atoms with Crippen LogP contribution in [0.25, 0.3) is 11.3 Å². The van der Waals surface area contributed by atoms with Crippen molar-refractivity contribution < 1.29 is 22.6 Å². The molecule has 0 unspecified atom stereocenters. The van der Waals surface area contributed by atoms with E-state index in [2.05, 4.69) is 11.1 Å². The monoisotopic (exact) mass is 579 g/mol. The number of nitrogens with zero attached hydrogens (tertiary/aromatic N) is 5. The van der Waals surface area contributed by atoms with Crippen molar-refractivity contribution in [2.75, 3.05) is 54.6 Å². The fraction of sp³-hybridized carbons (Fsp3) is 0.433. The Morgan fingerprint density at radius 1 is 1.05 bits per heavy atom. The van der Waals surface area contributed by atoms with Crippen LogP contribution in [0.2, 0.25) is 0 Å². The molecule has 218 valence electrons. The van der Waals surface area contributed by atoms with Crippen molar-refractivity contribution in [1.82, 2.24) is 19.2 Å². The molecule has 10 nitrogen and oxygen atoms in total. The topological polar surface area (TPSA) is 118 Å². The van der Waals surface area contributed by atoms with E-state index in [4.69, 9.17) is 19.2 Å². The molecule has 0 saturated carbocycles. The van der Waals surface area contributed by atoms with Crippen LogP contribution in [0.4, 0.5) is 0 Å². The second kappa shape index (κ2) is 13.9. The highest BCUT2D eigenvalue weighted by atomic mass is 32.2. The van der Waals surface area contributed by atoms with Crippen LogP contribution in [-0.4, -0.2) is 88.3 Å². The van der Waals surface area contributed by atoms with Gasteiger partial charge in [-0.3, -0.25) is 0 Å². The highest BCUT2D eigenvalue weighted by Crippen LogP contribution is 2.30. The number of nitriles is 1. The van der Waals surface area contributed by atoms with E-state index in [0.29, 0.717) is 49.0 Å². The lowest BCUT2D eigenvalue weighted by atomic mass is 10.1. The number of ether oxygens (including phenoxy) is 3. The Hall–Kier alpha value is -3.56. The highest BCUT2D eigenvalue weighted by molar-refractivity contribution is 7.89. The van der Waals surface area contributed by atoms with Crippen molar-refractivity contribution in [2.45, 2.75) is 36.7 Å². The molecule has 11 heteroatoms. The average molecular weight is 580 g/mol. The molecule has 0 radical (unpaired) electrons. The van der Waals surface area contributed by atoms with Crippen molar-refractivity contribution in [3.63, 3.8) is 0 Å². The van der Waals surface area contributed by atoms with Crippen molar-refractivity contribution >= 4 is 10.0 Å². The van der Waals surface area contributed by atoms with Gasteiger partial charge in [0.15, 0.2) is 0 Å². The smallest absolute Gasteiger partial charge is 0.246 e. The zero-order valence-corrected chi connectivity index (χ0v) is 24.9. The predicted molar refractivity (Wildman–Crippen MR) is 155 cm³/mol. The molecule has 1 aliphatic heterocycles. The minimum absolute atomic E-state index is 0.0363. The zero-order chi connectivity index (χ0) is 29.4. The van der Waals surface area contributed by atoms with Crippen LogP contribution < -0.4 is 9.47 Å². The molecule has 0 bridgehead atoms. The zero-order valence-electron chi connectivity index (χ0n) is 24.0. The van der Waals surface area contributed by atoms with Crippen LogP contribution in [0.15, 0.2) is 53.6 Å². The summed E-state index contributed by atoms with van der Waals surface area (Å²) in [6, 6.07) is 14.6. The Labute approximate surface area is 242 Å². The Morgan fingerprint density at radius 3 is 2.54 bits per heavy atom. The second-order valence-corrected chi connectivity index (χ2v) is 12.3. The maximum Gasteiger partial charge on any atom is 0.246 e. The van der Waals surface area contributed by atoms with Gasteiger partial charge in [0.1, 0.15) is 34.4 Å². The van der Waals surface area contributed by atoms with Crippen LogP contribution in [0.5, 0.6) is 11.5 Å². The third-order valence-electron chi connectivity index (χ3n) is 6.92. The maximum atomic E-state index is 13.2. The second-order valence-electron chi connectivity index (χ2n) is 10.3. The first-order valence-electron chi connectivity index (χ1n) is 13.6. The van der Waals surface area contributed by atoms with Crippen LogP contribution in [0, 0.1) is 11.3 Å². The molecule has 0 atom stereocenters. The summed E-state index contributed by atoms with van der Waals surface area (Å²) >= 11 is 0. The fourth-order valence-electron chi connectivity index (χ4n) is 4.61. The summed E-state index contributed by atoms with van der Waals surface area (Å²) in [7, 11) is 3.24. The third kappa shape index (κ3) is 7.80. The van der Waals surface area contributed by atoms with Crippen molar-refractivity contribution in [1.29, 1.82) is 5.26 Å². The van der Waals surface area contributed by atoms with E-state index in [1.165, 1.54) is 11.4 Å². The number of sulfonamides is 1. The summed E-state index contributed by atoms with van der Waals surface area (Å²) in [6.45, 7) is 2.52. The van der Waals surface area contributed by atoms with E-state index in [1.54, 1.807) is 43.6 Å². The molecule has 1 aliphatic rings. The normalized spacial score (nSPS) is 14.3. The van der Waals surface area contributed by atoms with Gasteiger partial charge in [-0.05, 0) is 69.0 Å². The third-order valence-corrected chi connectivity index (χ3v) is 8.82. The van der Waals surface area contributed by atoms with Crippen LogP contribution in [-0.2, 0) is 21.2 Å². The van der Waals surface area contributed by atoms with E-state index in [9.17, 15) is 13.7 Å². The van der Waals surface area contributed by atoms with E-state index in [0.717, 1.165) is 36.9 Å². The molecule has 2 heterocycles. The van der Waals surface area contributed by atoms with Gasteiger partial charge in [0.05, 0.1) is 31.6 Å². The number of hydrogen-bond donors (Lipinski definition) is 0. The number of aromatic nitrogens is 2. The summed E-state index contributed by atoms with van der Waals surface area (Å²) < 4.78 is 44.7. The summed E-state index contributed by atoms with van der Waals surface area (Å²) in [5.74, 6) is 1.39. The lowest BCUT2D eigenvalue weighted by molar-refractivity contribution is 0.0254. The molecule has 0 spiro atoms. The van der Waals surface area contributed by atoms with Crippen molar-refractivity contribution in [3.05, 3.63) is 65.6 Å². The van der Waals surface area contributed by atoms with Crippen LogP contribution in [0.3, 0.4) is 0 Å². The molecule has 1 aromatic heterocycles. The minimum atomic E-state index is -3.72. The van der Waals surface area contributed by atoms with Gasteiger partial charge >= 0.3 is 0 Å². The molecular formula is C30H37N5O5S. The predicted octanol–water partition coefficient (Wildman–Crippen LogP) is 3.74. The number of methoxy groups -OCH3 is 1. The first kappa shape index (κ1) is 30.4. The lowest BCUT2D eigenvalue weighted by Gasteiger charge is -2.23. The van der Waals surface area contributed by atoms with Crippen LogP contribution >= 0.6 is 0 Å². The van der Waals surface area contributed by atoms with E-state index in [1.807, 2.05) is 31.1 Å². The quantitative estimate of drug-likeness (QED) is 0.316. The van der Waals surface area contributed by atoms with Gasteiger partial charge in [0.25, 0.3) is 0 Å². The Kier molecular flexibility index (Phi) is 10.3. The molecule has 0 aliphatic carbocycles. The van der Waals surface area contributed by atoms with E-state index < -0.39 is 10.0 Å². The minimum Gasteiger partial charge on any atom is -0.495 e. The molecule has 41 heavy (non-hydrogen) atoms. The molecular weight excluding hydrogens is 542 g/mol. The first-order valence-corrected chi connectivity index (χ1v) is 15.0. The largest absolute Gasteiger partial charge is 0.495 e. The Balaban J connectivity index is 1.50. The molecule has 0 N–H and O–H groups in total. The van der Waals surface area contributed by atoms with Gasteiger partial charge in [0.2, 0.25) is 10.0 Å². The molecule has 3 aromatic rings. The molecule has 1 saturated heterocycles. The number of benzene rings is 2. The average Bonchev–Trinajstić information content (AvgIpc) is 2.97. The van der Waals surface area contributed by atoms with Gasteiger partial charge in [-0.15, -0.1) is 0 Å². The number of rotatable bonds is 12. The van der Waals surface area contributed by atoms with Crippen molar-refractivity contribution in [2.24, 2.45) is 0 Å². The van der Waals surface area contributed by atoms with Gasteiger partial charge in [-0.1, -0.05) is 6.07 Å². The Bertz CT molecular complexity index is 1480. The number of hydrogen-bond acceptors (Lipinski definition) is 9. The van der Waals surface area contributed by atoms with Gasteiger partial charge in [-0.25, -0.2) is 22.7 Å². The molecule has 4 rings (SSSR count). The van der Waals surface area contributed by atoms with Gasteiger partial charge in [0, 0.05) is 44.6 Å². The van der Waals surface area contributed by atoms with Gasteiger partial charge in [-0.2, -0.15) is 5.26 Å². The standard InChI is InChI=1S/C30H37N5O5S/c1-34(2)14-5-15-35(3)41(36,37)29-9-6-22(18-28(29)38-4)19-30-32-13-10-26(33-30)23-7-8-27(24(20-23)21-31)40-25-11-16-39-17-12-25/h6-10,13,18,20,25H,5,11-12,14-17,19H2,1-4H3. The van der Waals surface area contributed by atoms with E-state index in [-0.39, 0.29) is 16.7 Å². The van der Waals surface area contributed by atoms with Crippen LogP contribution in [0.1, 0.15) is 36.2 Å². The Morgan fingerprint density at radius 2 is 1.83 bits per heavy atom. The van der Waals surface area contributed by atoms with Crippen molar-refractivity contribution in [3.8, 4) is 28.8 Å². The van der Waals surface area contributed by atoms with Gasteiger partial charge < -0.3 is 19.1 Å². The molecule has 2 aromatic carbocycles. The highest BCUT2D eigenvalue weighted by Gasteiger charge is 2.25. The SMILES string of the molecule is COc1cc(Cc2nccc(-c3ccc(OC4CCOCC4)c(C#N)c3)n2)ccc1S(=O)(=O)N(C)CCCN(C)C. The molecule has 0 amide bonds. The summed E-state index contributed by atoms with van der Waals surface area (Å²) in [5.41, 5.74) is 2.71. The van der Waals surface area contributed by atoms with E-state index >= 15 is 0 Å². The summed E-state index contributed by atoms with van der Waals surface area (Å²) in [6.07, 6.45) is 4.40. The maximum absolute atomic E-state index is 13.2. The summed E-state index contributed by atoms with van der Waals surface area (Å²) in [4.78, 5) is 11.3. The fourth-order valence-corrected chi connectivity index (χ4v) is 5.95. The first-order chi connectivity index (χ1) is 19.7.